The van der Waals surface area contributed by atoms with Crippen molar-refractivity contribution in [3.05, 3.63) is 29.8 Å². The summed E-state index contributed by atoms with van der Waals surface area (Å²) in [5.41, 5.74) is -0.0176. The Hall–Kier alpha value is -3.24. The third-order valence-electron chi connectivity index (χ3n) is 4.62. The second kappa shape index (κ2) is 5.93. The highest BCUT2D eigenvalue weighted by atomic mass is 16.2. The maximum atomic E-state index is 12.4. The predicted molar refractivity (Wildman–Crippen MR) is 86.8 cm³/mol. The Morgan fingerprint density at radius 2 is 2.15 bits per heavy atom. The van der Waals surface area contributed by atoms with Crippen LogP contribution in [0.1, 0.15) is 28.9 Å². The monoisotopic (exact) mass is 358 g/mol. The van der Waals surface area contributed by atoms with E-state index in [1.807, 2.05) is 13.2 Å². The van der Waals surface area contributed by atoms with Crippen LogP contribution in [0.3, 0.4) is 0 Å². The first kappa shape index (κ1) is 16.2. The molecule has 0 bridgehead atoms. The van der Waals surface area contributed by atoms with Crippen LogP contribution in [0.15, 0.2) is 18.6 Å². The fraction of sp³-hybridized carbons (Fsp3) is 0.467. The molecular weight excluding hydrogens is 340 g/mol. The van der Waals surface area contributed by atoms with Crippen molar-refractivity contribution in [2.24, 2.45) is 13.0 Å². The lowest BCUT2D eigenvalue weighted by molar-refractivity contribution is -0.124. The maximum absolute atomic E-state index is 12.4. The fourth-order valence-corrected chi connectivity index (χ4v) is 3.14. The summed E-state index contributed by atoms with van der Waals surface area (Å²) in [6.45, 7) is 0.412. The highest BCUT2D eigenvalue weighted by Crippen LogP contribution is 2.41. The molecule has 4 amide bonds. The van der Waals surface area contributed by atoms with Gasteiger partial charge in [-0.15, -0.1) is 5.10 Å². The molecule has 2 aromatic rings. The van der Waals surface area contributed by atoms with Gasteiger partial charge in [0.15, 0.2) is 5.69 Å². The number of nitrogens with zero attached hydrogens (tertiary/aromatic N) is 5. The molecule has 1 saturated heterocycles. The molecule has 4 rings (SSSR count). The lowest BCUT2D eigenvalue weighted by Crippen LogP contribution is -2.57. The van der Waals surface area contributed by atoms with Gasteiger partial charge in [0, 0.05) is 18.8 Å². The molecule has 0 aromatic carbocycles. The first-order valence-corrected chi connectivity index (χ1v) is 8.26. The standard InChI is InChI=1S/C15H18N8O3/c1-22-6-9(4-17-22)7-23-18-5-11(21-23)12(24)16-8-15(10-2-3-10)13(25)19-14(26)20-15/h4-6,10H,2-3,7-8H2,1H3,(H,16,24)(H2,19,20,25,26)/t15-/m0/s1. The van der Waals surface area contributed by atoms with E-state index in [2.05, 4.69) is 31.2 Å². The molecule has 0 unspecified atom stereocenters. The zero-order valence-corrected chi connectivity index (χ0v) is 14.1. The normalized spacial score (nSPS) is 22.2. The van der Waals surface area contributed by atoms with E-state index in [0.717, 1.165) is 18.4 Å². The average molecular weight is 358 g/mol. The lowest BCUT2D eigenvalue weighted by Gasteiger charge is -2.25. The molecule has 26 heavy (non-hydrogen) atoms. The number of hydrogen-bond donors (Lipinski definition) is 3. The molecule has 3 heterocycles. The zero-order valence-electron chi connectivity index (χ0n) is 14.1. The number of imide groups is 1. The molecule has 1 saturated carbocycles. The van der Waals surface area contributed by atoms with Crippen LogP contribution in [0.5, 0.6) is 0 Å². The van der Waals surface area contributed by atoms with Gasteiger partial charge in [-0.3, -0.25) is 19.6 Å². The van der Waals surface area contributed by atoms with Gasteiger partial charge in [0.2, 0.25) is 0 Å². The number of rotatable bonds is 6. The first-order chi connectivity index (χ1) is 12.5. The van der Waals surface area contributed by atoms with Crippen molar-refractivity contribution in [3.63, 3.8) is 0 Å². The van der Waals surface area contributed by atoms with Crippen LogP contribution in [0.25, 0.3) is 0 Å². The summed E-state index contributed by atoms with van der Waals surface area (Å²) in [6.07, 6.45) is 6.58. The highest BCUT2D eigenvalue weighted by molar-refractivity contribution is 6.08. The van der Waals surface area contributed by atoms with Gasteiger partial charge in [-0.05, 0) is 18.8 Å². The summed E-state index contributed by atoms with van der Waals surface area (Å²) >= 11 is 0. The van der Waals surface area contributed by atoms with E-state index in [1.165, 1.54) is 11.0 Å². The number of carbonyl (C=O) groups is 3. The van der Waals surface area contributed by atoms with Crippen molar-refractivity contribution in [2.75, 3.05) is 6.54 Å². The van der Waals surface area contributed by atoms with E-state index in [1.54, 1.807) is 10.9 Å². The van der Waals surface area contributed by atoms with Crippen molar-refractivity contribution in [2.45, 2.75) is 24.9 Å². The van der Waals surface area contributed by atoms with Gasteiger partial charge in [0.25, 0.3) is 11.8 Å². The molecule has 0 spiro atoms. The summed E-state index contributed by atoms with van der Waals surface area (Å²) < 4.78 is 1.67. The Morgan fingerprint density at radius 3 is 2.77 bits per heavy atom. The topological polar surface area (TPSA) is 136 Å². The molecule has 1 atom stereocenters. The van der Waals surface area contributed by atoms with E-state index in [9.17, 15) is 14.4 Å². The van der Waals surface area contributed by atoms with Crippen molar-refractivity contribution < 1.29 is 14.4 Å². The van der Waals surface area contributed by atoms with E-state index < -0.39 is 23.4 Å². The minimum atomic E-state index is -1.07. The quantitative estimate of drug-likeness (QED) is 0.554. The molecule has 11 heteroatoms. The van der Waals surface area contributed by atoms with Crippen molar-refractivity contribution in [1.29, 1.82) is 0 Å². The van der Waals surface area contributed by atoms with Crippen LogP contribution in [-0.2, 0) is 18.4 Å². The van der Waals surface area contributed by atoms with Crippen LogP contribution in [0.4, 0.5) is 4.79 Å². The third-order valence-corrected chi connectivity index (χ3v) is 4.62. The van der Waals surface area contributed by atoms with Gasteiger partial charge < -0.3 is 10.6 Å². The number of aromatic nitrogens is 5. The minimum Gasteiger partial charge on any atom is -0.348 e. The smallest absolute Gasteiger partial charge is 0.322 e. The predicted octanol–water partition coefficient (Wildman–Crippen LogP) is -1.22. The summed E-state index contributed by atoms with van der Waals surface area (Å²) in [5, 5.41) is 19.9. The molecule has 2 aliphatic rings. The fourth-order valence-electron chi connectivity index (χ4n) is 3.14. The van der Waals surface area contributed by atoms with Crippen molar-refractivity contribution in [3.8, 4) is 0 Å². The number of amides is 4. The second-order valence-corrected chi connectivity index (χ2v) is 6.62. The van der Waals surface area contributed by atoms with E-state index in [-0.39, 0.29) is 18.2 Å². The zero-order chi connectivity index (χ0) is 18.3. The summed E-state index contributed by atoms with van der Waals surface area (Å²) in [5.74, 6) is -0.808. The number of carbonyl (C=O) groups excluding carboxylic acids is 3. The molecule has 11 nitrogen and oxygen atoms in total. The van der Waals surface area contributed by atoms with Crippen LogP contribution >= 0.6 is 0 Å². The molecule has 3 N–H and O–H groups in total. The highest BCUT2D eigenvalue weighted by Gasteiger charge is 2.56. The summed E-state index contributed by atoms with van der Waals surface area (Å²) in [6, 6.07) is -0.529. The van der Waals surface area contributed by atoms with Crippen LogP contribution in [-0.4, -0.2) is 54.7 Å². The number of nitrogens with one attached hydrogen (secondary N) is 3. The summed E-state index contributed by atoms with van der Waals surface area (Å²) in [7, 11) is 1.81. The Morgan fingerprint density at radius 1 is 1.35 bits per heavy atom. The first-order valence-electron chi connectivity index (χ1n) is 8.26. The Kier molecular flexibility index (Phi) is 3.71. The van der Waals surface area contributed by atoms with Gasteiger partial charge in [-0.1, -0.05) is 0 Å². The molecule has 1 aliphatic heterocycles. The minimum absolute atomic E-state index is 0.0174. The second-order valence-electron chi connectivity index (χ2n) is 6.62. The number of hydrogen-bond acceptors (Lipinski definition) is 6. The Balaban J connectivity index is 1.40. The molecular formula is C15H18N8O3. The Labute approximate surface area is 148 Å². The van der Waals surface area contributed by atoms with Crippen LogP contribution in [0.2, 0.25) is 0 Å². The average Bonchev–Trinajstić information content (AvgIpc) is 3.10. The molecule has 2 aromatic heterocycles. The van der Waals surface area contributed by atoms with Gasteiger partial charge in [0.1, 0.15) is 5.54 Å². The number of aryl methyl sites for hydroxylation is 1. The van der Waals surface area contributed by atoms with E-state index in [4.69, 9.17) is 0 Å². The van der Waals surface area contributed by atoms with Gasteiger partial charge in [-0.25, -0.2) is 4.79 Å². The van der Waals surface area contributed by atoms with Crippen molar-refractivity contribution >= 4 is 17.8 Å². The Bertz CT molecular complexity index is 883. The van der Waals surface area contributed by atoms with Gasteiger partial charge >= 0.3 is 6.03 Å². The van der Waals surface area contributed by atoms with Gasteiger partial charge in [-0.2, -0.15) is 15.0 Å². The number of urea groups is 1. The third kappa shape index (κ3) is 2.91. The van der Waals surface area contributed by atoms with Crippen LogP contribution < -0.4 is 16.0 Å². The van der Waals surface area contributed by atoms with E-state index in [0.29, 0.717) is 6.54 Å². The molecule has 136 valence electrons. The molecule has 2 fully saturated rings. The maximum Gasteiger partial charge on any atom is 0.322 e. The van der Waals surface area contributed by atoms with Gasteiger partial charge in [0.05, 0.1) is 25.5 Å². The SMILES string of the molecule is Cn1cc(Cn2ncc(C(=O)NC[C@@]3(C4CC4)NC(=O)NC3=O)n2)cn1. The molecule has 1 aliphatic carbocycles. The van der Waals surface area contributed by atoms with Crippen molar-refractivity contribution in [1.82, 2.24) is 40.7 Å². The van der Waals surface area contributed by atoms with E-state index >= 15 is 0 Å². The molecule has 0 radical (unpaired) electrons. The lowest BCUT2D eigenvalue weighted by atomic mass is 9.93. The summed E-state index contributed by atoms with van der Waals surface area (Å²) in [4.78, 5) is 37.4. The van der Waals surface area contributed by atoms with Crippen LogP contribution in [0, 0.1) is 5.92 Å². The largest absolute Gasteiger partial charge is 0.348 e.